The summed E-state index contributed by atoms with van der Waals surface area (Å²) < 4.78 is 49.1. The van der Waals surface area contributed by atoms with Crippen LogP contribution in [0.2, 0.25) is 0 Å². The van der Waals surface area contributed by atoms with Crippen molar-refractivity contribution >= 4 is 28.5 Å². The molecule has 1 N–H and O–H groups in total. The number of alkyl halides is 3. The van der Waals surface area contributed by atoms with E-state index in [1.807, 2.05) is 13.8 Å². The average molecular weight is 561 g/mol. The van der Waals surface area contributed by atoms with Gasteiger partial charge < -0.3 is 19.6 Å². The number of aryl methyl sites for hydroxylation is 1. The van der Waals surface area contributed by atoms with Crippen LogP contribution < -0.4 is 10.5 Å². The molecule has 3 aromatic rings. The molecule has 1 aromatic heterocycles. The number of rotatable bonds is 6. The molecule has 0 aliphatic carbocycles. The van der Waals surface area contributed by atoms with Crippen LogP contribution in [0.15, 0.2) is 41.2 Å². The van der Waals surface area contributed by atoms with Gasteiger partial charge in [-0.05, 0) is 69.7 Å². The van der Waals surface area contributed by atoms with E-state index < -0.39 is 35.9 Å². The van der Waals surface area contributed by atoms with Crippen LogP contribution in [-0.2, 0) is 22.3 Å². The highest BCUT2D eigenvalue weighted by Crippen LogP contribution is 2.39. The van der Waals surface area contributed by atoms with Crippen LogP contribution in [-0.4, -0.2) is 63.8 Å². The van der Waals surface area contributed by atoms with E-state index in [1.165, 1.54) is 6.92 Å². The summed E-state index contributed by atoms with van der Waals surface area (Å²) in [5.41, 5.74) is -0.985. The molecule has 2 heterocycles. The molecule has 1 saturated heterocycles. The first-order valence-electron chi connectivity index (χ1n) is 12.8. The van der Waals surface area contributed by atoms with Gasteiger partial charge in [-0.15, -0.1) is 0 Å². The largest absolute Gasteiger partial charge is 0.480 e. The molecular formula is C28H31F3N4O5. The predicted octanol–water partition coefficient (Wildman–Crippen LogP) is 4.26. The SMILES string of the molecule is Cc1nc2cc(C(F)(F)F)c([C@H](C)N(C)c3ccc(C(=O)N4C[C@@H](C)O[C@@H](C)C4)cc3)cc2c(=O)n1CC(=O)O. The molecule has 3 atom stereocenters. The molecule has 1 amide bonds. The summed E-state index contributed by atoms with van der Waals surface area (Å²) in [6.07, 6.45) is -4.90. The van der Waals surface area contributed by atoms with Crippen LogP contribution in [0.5, 0.6) is 0 Å². The zero-order valence-electron chi connectivity index (χ0n) is 22.8. The highest BCUT2D eigenvalue weighted by atomic mass is 19.4. The molecule has 0 spiro atoms. The van der Waals surface area contributed by atoms with Crippen LogP contribution in [0, 0.1) is 6.92 Å². The molecule has 0 bridgehead atoms. The molecule has 12 heteroatoms. The number of fused-ring (bicyclic) bond motifs is 1. The van der Waals surface area contributed by atoms with Gasteiger partial charge >= 0.3 is 12.1 Å². The van der Waals surface area contributed by atoms with Crippen molar-refractivity contribution in [2.45, 2.75) is 58.7 Å². The van der Waals surface area contributed by atoms with Crippen molar-refractivity contribution in [3.63, 3.8) is 0 Å². The van der Waals surface area contributed by atoms with Gasteiger partial charge in [-0.25, -0.2) is 4.98 Å². The Morgan fingerprint density at radius 1 is 1.15 bits per heavy atom. The minimum Gasteiger partial charge on any atom is -0.480 e. The lowest BCUT2D eigenvalue weighted by molar-refractivity contribution is -0.138. The molecule has 40 heavy (non-hydrogen) atoms. The molecule has 0 unspecified atom stereocenters. The maximum Gasteiger partial charge on any atom is 0.416 e. The third-order valence-electron chi connectivity index (χ3n) is 7.17. The van der Waals surface area contributed by atoms with Crippen LogP contribution in [0.4, 0.5) is 18.9 Å². The van der Waals surface area contributed by atoms with E-state index in [0.29, 0.717) is 24.3 Å². The molecule has 214 valence electrons. The lowest BCUT2D eigenvalue weighted by atomic mass is 9.97. The standard InChI is InChI=1S/C28H31F3N4O5/c1-15-12-34(13-16(2)40-15)26(38)19-6-8-20(9-7-19)33(5)17(3)21-10-22-24(11-23(21)28(29,30)31)32-18(4)35(27(22)39)14-25(36)37/h6-11,15-17H,12-14H2,1-5H3,(H,36,37)/t15-,16+,17-/m0/s1. The molecule has 0 radical (unpaired) electrons. The number of carbonyl (C=O) groups is 2. The molecule has 1 aliphatic rings. The fraction of sp³-hybridized carbons (Fsp3) is 0.429. The summed E-state index contributed by atoms with van der Waals surface area (Å²) in [7, 11) is 1.62. The van der Waals surface area contributed by atoms with Crippen LogP contribution >= 0.6 is 0 Å². The number of aliphatic carboxylic acids is 1. The minimum absolute atomic E-state index is 0.00146. The second-order valence-electron chi connectivity index (χ2n) is 10.2. The molecule has 4 rings (SSSR count). The number of amides is 1. The molecule has 1 fully saturated rings. The van der Waals surface area contributed by atoms with Crippen molar-refractivity contribution in [2.24, 2.45) is 0 Å². The first-order chi connectivity index (χ1) is 18.7. The Morgan fingerprint density at radius 3 is 2.30 bits per heavy atom. The maximum atomic E-state index is 14.2. The summed E-state index contributed by atoms with van der Waals surface area (Å²) in [5, 5.41) is 9.05. The van der Waals surface area contributed by atoms with E-state index in [1.54, 1.807) is 48.0 Å². The van der Waals surface area contributed by atoms with Crippen molar-refractivity contribution < 1.29 is 32.6 Å². The zero-order valence-corrected chi connectivity index (χ0v) is 22.8. The topological polar surface area (TPSA) is 105 Å². The van der Waals surface area contributed by atoms with Gasteiger partial charge in [0.25, 0.3) is 11.5 Å². The number of aromatic nitrogens is 2. The van der Waals surface area contributed by atoms with Crippen molar-refractivity contribution in [1.82, 2.24) is 14.5 Å². The number of benzene rings is 2. The van der Waals surface area contributed by atoms with Gasteiger partial charge in [0.15, 0.2) is 0 Å². The summed E-state index contributed by atoms with van der Waals surface area (Å²) in [5.74, 6) is -1.42. The van der Waals surface area contributed by atoms with Crippen molar-refractivity contribution in [3.05, 3.63) is 69.3 Å². The third kappa shape index (κ3) is 5.81. The molecular weight excluding hydrogens is 529 g/mol. The number of anilines is 1. The number of morpholine rings is 1. The first-order valence-corrected chi connectivity index (χ1v) is 12.8. The summed E-state index contributed by atoms with van der Waals surface area (Å²) in [6, 6.07) is 7.72. The van der Waals surface area contributed by atoms with Crippen LogP contribution in [0.25, 0.3) is 10.9 Å². The number of nitrogens with zero attached hydrogens (tertiary/aromatic N) is 4. The van der Waals surface area contributed by atoms with Gasteiger partial charge in [-0.1, -0.05) is 0 Å². The highest BCUT2D eigenvalue weighted by molar-refractivity contribution is 5.94. The van der Waals surface area contributed by atoms with Crippen molar-refractivity contribution in [2.75, 3.05) is 25.0 Å². The van der Waals surface area contributed by atoms with Gasteiger partial charge in [-0.3, -0.25) is 19.0 Å². The van der Waals surface area contributed by atoms with Gasteiger partial charge in [-0.2, -0.15) is 13.2 Å². The predicted molar refractivity (Wildman–Crippen MR) is 143 cm³/mol. The van der Waals surface area contributed by atoms with E-state index in [4.69, 9.17) is 9.84 Å². The Balaban J connectivity index is 1.69. The van der Waals surface area contributed by atoms with Gasteiger partial charge in [0.2, 0.25) is 0 Å². The number of carboxylic acids is 1. The van der Waals surface area contributed by atoms with Crippen LogP contribution in [0.3, 0.4) is 0 Å². The fourth-order valence-corrected chi connectivity index (χ4v) is 5.11. The minimum atomic E-state index is -4.73. The number of hydrogen-bond acceptors (Lipinski definition) is 6. The Hall–Kier alpha value is -3.93. The Kier molecular flexibility index (Phi) is 7.93. The maximum absolute atomic E-state index is 14.2. The lowest BCUT2D eigenvalue weighted by Gasteiger charge is -2.35. The molecule has 9 nitrogen and oxygen atoms in total. The van der Waals surface area contributed by atoms with Crippen molar-refractivity contribution in [3.8, 4) is 0 Å². The number of hydrogen-bond donors (Lipinski definition) is 1. The Morgan fingerprint density at radius 2 is 1.75 bits per heavy atom. The number of carbonyl (C=O) groups excluding carboxylic acids is 1. The van der Waals surface area contributed by atoms with Gasteiger partial charge in [0.05, 0.1) is 34.7 Å². The quantitative estimate of drug-likeness (QED) is 0.481. The Bertz CT molecular complexity index is 1490. The van der Waals surface area contributed by atoms with E-state index >= 15 is 0 Å². The van der Waals surface area contributed by atoms with E-state index in [0.717, 1.165) is 16.7 Å². The van der Waals surface area contributed by atoms with E-state index in [-0.39, 0.29) is 40.4 Å². The summed E-state index contributed by atoms with van der Waals surface area (Å²) >= 11 is 0. The zero-order chi connectivity index (χ0) is 29.5. The monoisotopic (exact) mass is 560 g/mol. The third-order valence-corrected chi connectivity index (χ3v) is 7.17. The molecule has 2 aromatic carbocycles. The lowest BCUT2D eigenvalue weighted by Crippen LogP contribution is -2.48. The summed E-state index contributed by atoms with van der Waals surface area (Å²) in [4.78, 5) is 44.7. The number of halogens is 3. The first kappa shape index (κ1) is 29.1. The second-order valence-corrected chi connectivity index (χ2v) is 10.2. The average Bonchev–Trinajstić information content (AvgIpc) is 2.88. The smallest absolute Gasteiger partial charge is 0.416 e. The van der Waals surface area contributed by atoms with Crippen LogP contribution in [0.1, 0.15) is 54.1 Å². The van der Waals surface area contributed by atoms with E-state index in [2.05, 4.69) is 4.98 Å². The van der Waals surface area contributed by atoms with Gasteiger partial charge in [0, 0.05) is 31.4 Å². The normalized spacial score (nSPS) is 18.6. The van der Waals surface area contributed by atoms with E-state index in [9.17, 15) is 27.6 Å². The second kappa shape index (κ2) is 10.9. The number of carboxylic acid groups (broad SMARTS) is 1. The van der Waals surface area contributed by atoms with Crippen molar-refractivity contribution in [1.29, 1.82) is 0 Å². The Labute approximate surface area is 228 Å². The fourth-order valence-electron chi connectivity index (χ4n) is 5.11. The molecule has 1 aliphatic heterocycles. The van der Waals surface area contributed by atoms with Gasteiger partial charge in [0.1, 0.15) is 12.4 Å². The highest BCUT2D eigenvalue weighted by Gasteiger charge is 2.36. The molecule has 0 saturated carbocycles. The summed E-state index contributed by atoms with van der Waals surface area (Å²) in [6.45, 7) is 7.01. The number of ether oxygens (including phenoxy) is 1.